The lowest BCUT2D eigenvalue weighted by atomic mass is 10.2. The first-order chi connectivity index (χ1) is 6.15. The molecular formula is C8H9NO3S. The van der Waals surface area contributed by atoms with E-state index >= 15 is 0 Å². The highest BCUT2D eigenvalue weighted by molar-refractivity contribution is 7.82. The van der Waals surface area contributed by atoms with Gasteiger partial charge in [0, 0.05) is 0 Å². The largest absolute Gasteiger partial charge is 0.465 e. The second kappa shape index (κ2) is 4.15. The van der Waals surface area contributed by atoms with Crippen LogP contribution >= 0.6 is 0 Å². The van der Waals surface area contributed by atoms with E-state index in [1.54, 1.807) is 0 Å². The van der Waals surface area contributed by atoms with E-state index in [0.29, 0.717) is 10.5 Å². The molecule has 0 aliphatic rings. The Labute approximate surface area is 78.3 Å². The van der Waals surface area contributed by atoms with Gasteiger partial charge in [0.25, 0.3) is 0 Å². The molecule has 0 aromatic heterocycles. The molecule has 0 fully saturated rings. The first kappa shape index (κ1) is 9.88. The maximum Gasteiger partial charge on any atom is 0.337 e. The number of hydrogen-bond donors (Lipinski definition) is 1. The third-order valence-corrected chi connectivity index (χ3v) is 2.24. The fourth-order valence-electron chi connectivity index (χ4n) is 0.843. The van der Waals surface area contributed by atoms with E-state index in [1.807, 2.05) is 0 Å². The molecule has 1 unspecified atom stereocenters. The van der Waals surface area contributed by atoms with Gasteiger partial charge in [-0.25, -0.2) is 14.1 Å². The molecule has 0 amide bonds. The topological polar surface area (TPSA) is 69.4 Å². The van der Waals surface area contributed by atoms with Gasteiger partial charge in [-0.1, -0.05) is 0 Å². The molecule has 0 aliphatic carbocycles. The second-order valence-corrected chi connectivity index (χ2v) is 3.38. The molecule has 13 heavy (non-hydrogen) atoms. The Bertz CT molecular complexity index is 334. The lowest BCUT2D eigenvalue weighted by Crippen LogP contribution is -2.04. The van der Waals surface area contributed by atoms with Crippen molar-refractivity contribution >= 4 is 17.0 Å². The third kappa shape index (κ3) is 2.37. The zero-order valence-corrected chi connectivity index (χ0v) is 7.84. The molecule has 1 rings (SSSR count). The van der Waals surface area contributed by atoms with Gasteiger partial charge in [0.15, 0.2) is 0 Å². The molecule has 1 aromatic rings. The molecule has 1 atom stereocenters. The average Bonchev–Trinajstić information content (AvgIpc) is 2.17. The van der Waals surface area contributed by atoms with E-state index in [4.69, 9.17) is 5.14 Å². The summed E-state index contributed by atoms with van der Waals surface area (Å²) in [6.45, 7) is 0. The Morgan fingerprint density at radius 2 is 1.92 bits per heavy atom. The van der Waals surface area contributed by atoms with Crippen molar-refractivity contribution in [2.24, 2.45) is 5.14 Å². The van der Waals surface area contributed by atoms with E-state index in [2.05, 4.69) is 4.74 Å². The van der Waals surface area contributed by atoms with Crippen LogP contribution in [0.4, 0.5) is 0 Å². The Hall–Kier alpha value is -1.20. The molecule has 4 nitrogen and oxygen atoms in total. The van der Waals surface area contributed by atoms with Crippen LogP contribution in [-0.4, -0.2) is 17.3 Å². The number of methoxy groups -OCH3 is 1. The first-order valence-corrected chi connectivity index (χ1v) is 4.71. The summed E-state index contributed by atoms with van der Waals surface area (Å²) in [6, 6.07) is 6.10. The number of hydrogen-bond acceptors (Lipinski definition) is 3. The quantitative estimate of drug-likeness (QED) is 0.703. The first-order valence-electron chi connectivity index (χ1n) is 3.49. The summed E-state index contributed by atoms with van der Waals surface area (Å²) in [4.78, 5) is 11.4. The molecule has 0 bridgehead atoms. The fourth-order valence-corrected chi connectivity index (χ4v) is 1.25. The number of esters is 1. The molecular weight excluding hydrogens is 190 g/mol. The van der Waals surface area contributed by atoms with Crippen molar-refractivity contribution in [3.8, 4) is 0 Å². The smallest absolute Gasteiger partial charge is 0.337 e. The van der Waals surface area contributed by atoms with Crippen LogP contribution in [0.3, 0.4) is 0 Å². The number of benzene rings is 1. The molecule has 0 saturated heterocycles. The summed E-state index contributed by atoms with van der Waals surface area (Å²) >= 11 is 0. The van der Waals surface area contributed by atoms with Crippen LogP contribution in [0.25, 0.3) is 0 Å². The summed E-state index contributed by atoms with van der Waals surface area (Å²) in [5.41, 5.74) is 0.414. The molecule has 5 heteroatoms. The summed E-state index contributed by atoms with van der Waals surface area (Å²) in [7, 11) is -0.202. The number of rotatable bonds is 2. The molecule has 70 valence electrons. The van der Waals surface area contributed by atoms with E-state index in [0.717, 1.165) is 0 Å². The molecule has 0 spiro atoms. The zero-order chi connectivity index (χ0) is 9.84. The van der Waals surface area contributed by atoms with Crippen LogP contribution in [0.5, 0.6) is 0 Å². The predicted octanol–water partition coefficient (Wildman–Crippen LogP) is 0.455. The lowest BCUT2D eigenvalue weighted by molar-refractivity contribution is 0.0600. The molecule has 1 aromatic carbocycles. The minimum Gasteiger partial charge on any atom is -0.465 e. The number of nitrogens with two attached hydrogens (primary N) is 1. The molecule has 0 aliphatic heterocycles. The minimum atomic E-state index is -1.50. The van der Waals surface area contributed by atoms with Gasteiger partial charge in [0.05, 0.1) is 17.6 Å². The van der Waals surface area contributed by atoms with Gasteiger partial charge in [0.2, 0.25) is 0 Å². The van der Waals surface area contributed by atoms with Crippen molar-refractivity contribution in [1.82, 2.24) is 0 Å². The maximum absolute atomic E-state index is 11.0. The van der Waals surface area contributed by atoms with Crippen molar-refractivity contribution in [3.63, 3.8) is 0 Å². The predicted molar refractivity (Wildman–Crippen MR) is 48.4 cm³/mol. The number of carbonyl (C=O) groups is 1. The Balaban J connectivity index is 2.93. The monoisotopic (exact) mass is 199 g/mol. The molecule has 0 heterocycles. The van der Waals surface area contributed by atoms with Crippen molar-refractivity contribution in [1.29, 1.82) is 0 Å². The highest BCUT2D eigenvalue weighted by atomic mass is 32.2. The van der Waals surface area contributed by atoms with Gasteiger partial charge in [-0.2, -0.15) is 0 Å². The van der Waals surface area contributed by atoms with Crippen LogP contribution < -0.4 is 5.14 Å². The molecule has 2 N–H and O–H groups in total. The van der Waals surface area contributed by atoms with Gasteiger partial charge < -0.3 is 4.74 Å². The normalized spacial score (nSPS) is 12.2. The second-order valence-electron chi connectivity index (χ2n) is 2.31. The Kier molecular flexibility index (Phi) is 3.16. The highest BCUT2D eigenvalue weighted by Gasteiger charge is 2.05. The molecule has 0 saturated carbocycles. The van der Waals surface area contributed by atoms with Crippen LogP contribution in [0.1, 0.15) is 10.4 Å². The van der Waals surface area contributed by atoms with Crippen LogP contribution in [0.15, 0.2) is 29.2 Å². The van der Waals surface area contributed by atoms with Crippen molar-refractivity contribution in [3.05, 3.63) is 29.8 Å². The van der Waals surface area contributed by atoms with Crippen molar-refractivity contribution < 1.29 is 13.7 Å². The van der Waals surface area contributed by atoms with E-state index < -0.39 is 17.0 Å². The van der Waals surface area contributed by atoms with Crippen molar-refractivity contribution in [2.45, 2.75) is 4.90 Å². The SMILES string of the molecule is COC(=O)c1ccc(S(N)=O)cc1. The summed E-state index contributed by atoms with van der Waals surface area (Å²) < 4.78 is 15.3. The molecule has 0 radical (unpaired) electrons. The van der Waals surface area contributed by atoms with Crippen LogP contribution in [-0.2, 0) is 15.7 Å². The highest BCUT2D eigenvalue weighted by Crippen LogP contribution is 2.07. The van der Waals surface area contributed by atoms with Gasteiger partial charge >= 0.3 is 5.97 Å². The number of ether oxygens (including phenoxy) is 1. The third-order valence-electron chi connectivity index (χ3n) is 1.51. The summed E-state index contributed by atoms with van der Waals surface area (Å²) in [5.74, 6) is -0.422. The Morgan fingerprint density at radius 3 is 2.31 bits per heavy atom. The summed E-state index contributed by atoms with van der Waals surface area (Å²) in [5, 5.41) is 5.13. The van der Waals surface area contributed by atoms with Crippen LogP contribution in [0, 0.1) is 0 Å². The average molecular weight is 199 g/mol. The van der Waals surface area contributed by atoms with Gasteiger partial charge in [-0.3, -0.25) is 0 Å². The zero-order valence-electron chi connectivity index (χ0n) is 7.02. The van der Waals surface area contributed by atoms with Gasteiger partial charge in [-0.05, 0) is 24.3 Å². The van der Waals surface area contributed by atoms with E-state index in [-0.39, 0.29) is 0 Å². The lowest BCUT2D eigenvalue weighted by Gasteiger charge is -1.99. The van der Waals surface area contributed by atoms with Crippen LogP contribution in [0.2, 0.25) is 0 Å². The summed E-state index contributed by atoms with van der Waals surface area (Å²) in [6.07, 6.45) is 0. The standard InChI is InChI=1S/C8H9NO3S/c1-12-8(10)6-2-4-7(5-3-6)13(9)11/h2-5H,9H2,1H3. The van der Waals surface area contributed by atoms with E-state index in [9.17, 15) is 9.00 Å². The number of carbonyl (C=O) groups excluding carboxylic acids is 1. The fraction of sp³-hybridized carbons (Fsp3) is 0.125. The van der Waals surface area contributed by atoms with Gasteiger partial charge in [0.1, 0.15) is 11.0 Å². The minimum absolute atomic E-state index is 0.414. The van der Waals surface area contributed by atoms with E-state index in [1.165, 1.54) is 31.4 Å². The maximum atomic E-state index is 11.0. The van der Waals surface area contributed by atoms with Gasteiger partial charge in [-0.15, -0.1) is 0 Å². The Morgan fingerprint density at radius 1 is 1.38 bits per heavy atom. The van der Waals surface area contributed by atoms with Crippen molar-refractivity contribution in [2.75, 3.05) is 7.11 Å².